The topological polar surface area (TPSA) is 131 Å². The van der Waals surface area contributed by atoms with Crippen LogP contribution in [0.15, 0.2) is 42.5 Å². The van der Waals surface area contributed by atoms with E-state index in [1.165, 1.54) is 0 Å². The monoisotopic (exact) mass is 538 g/mol. The van der Waals surface area contributed by atoms with Crippen LogP contribution in [0.25, 0.3) is 0 Å². The summed E-state index contributed by atoms with van der Waals surface area (Å²) in [6.07, 6.45) is 6.16. The third kappa shape index (κ3) is 8.70. The van der Waals surface area contributed by atoms with Crippen LogP contribution in [0.3, 0.4) is 0 Å². The quantitative estimate of drug-likeness (QED) is 0.273. The second-order valence-electron chi connectivity index (χ2n) is 11.1. The van der Waals surface area contributed by atoms with Gasteiger partial charge in [0.15, 0.2) is 0 Å². The molecule has 6 N–H and O–H groups in total. The molecule has 1 unspecified atom stereocenters. The number of amides is 2. The molecule has 2 aromatic rings. The summed E-state index contributed by atoms with van der Waals surface area (Å²) in [6.45, 7) is 5.05. The molecule has 2 aromatic carbocycles. The molecule has 1 aliphatic rings. The Kier molecular flexibility index (Phi) is 11.6. The molecular formula is C31H46N4O4. The van der Waals surface area contributed by atoms with Crippen molar-refractivity contribution in [1.29, 1.82) is 0 Å². The minimum atomic E-state index is -0.351. The number of likely N-dealkylation sites (N-methyl/N-ethyl adjacent to an activating group) is 1. The molecule has 0 saturated heterocycles. The average molecular weight is 539 g/mol. The van der Waals surface area contributed by atoms with E-state index in [9.17, 15) is 14.7 Å². The maximum Gasteiger partial charge on any atom is 0.243 e. The summed E-state index contributed by atoms with van der Waals surface area (Å²) in [5.41, 5.74) is 15.3. The summed E-state index contributed by atoms with van der Waals surface area (Å²) in [5, 5.41) is 12.8. The van der Waals surface area contributed by atoms with Crippen LogP contribution in [0.1, 0.15) is 62.6 Å². The van der Waals surface area contributed by atoms with Crippen molar-refractivity contribution in [3.63, 3.8) is 0 Å². The molecule has 0 aromatic heterocycles. The first kappa shape index (κ1) is 30.4. The van der Waals surface area contributed by atoms with Gasteiger partial charge in [0.25, 0.3) is 0 Å². The van der Waals surface area contributed by atoms with Crippen molar-refractivity contribution in [1.82, 2.24) is 5.32 Å². The van der Waals surface area contributed by atoms with Gasteiger partial charge in [-0.1, -0.05) is 63.4 Å². The zero-order chi connectivity index (χ0) is 28.4. The van der Waals surface area contributed by atoms with Crippen LogP contribution in [0.2, 0.25) is 0 Å². The first-order chi connectivity index (χ1) is 18.7. The summed E-state index contributed by atoms with van der Waals surface area (Å²) in [5.74, 6) is 0.333. The number of carbonyl (C=O) groups excluding carboxylic acids is 2. The third-order valence-corrected chi connectivity index (χ3v) is 7.61. The number of rotatable bonds is 14. The Morgan fingerprint density at radius 1 is 1.10 bits per heavy atom. The maximum absolute atomic E-state index is 12.9. The number of nitrogens with one attached hydrogen (secondary N) is 1. The van der Waals surface area contributed by atoms with Crippen LogP contribution in [0.4, 0.5) is 5.69 Å². The van der Waals surface area contributed by atoms with Crippen molar-refractivity contribution in [2.45, 2.75) is 77.5 Å². The Hall–Kier alpha value is -3.10. The predicted octanol–water partition coefficient (Wildman–Crippen LogP) is 3.31. The number of aliphatic hydroxyl groups excluding tert-OH is 1. The molecule has 8 nitrogen and oxygen atoms in total. The fourth-order valence-corrected chi connectivity index (χ4v) is 5.38. The lowest BCUT2D eigenvalue weighted by Gasteiger charge is -2.37. The molecule has 39 heavy (non-hydrogen) atoms. The molecule has 0 bridgehead atoms. The van der Waals surface area contributed by atoms with E-state index < -0.39 is 0 Å². The molecule has 0 spiro atoms. The van der Waals surface area contributed by atoms with E-state index in [0.717, 1.165) is 60.2 Å². The number of benzene rings is 2. The second-order valence-corrected chi connectivity index (χ2v) is 11.1. The van der Waals surface area contributed by atoms with E-state index in [1.54, 1.807) is 0 Å². The molecule has 214 valence electrons. The van der Waals surface area contributed by atoms with Crippen molar-refractivity contribution < 1.29 is 19.4 Å². The highest BCUT2D eigenvalue weighted by atomic mass is 16.5. The van der Waals surface area contributed by atoms with E-state index in [0.29, 0.717) is 26.0 Å². The fraction of sp³-hybridized carbons (Fsp3) is 0.548. The van der Waals surface area contributed by atoms with E-state index in [4.69, 9.17) is 16.2 Å². The van der Waals surface area contributed by atoms with Gasteiger partial charge in [-0.15, -0.1) is 0 Å². The molecule has 0 saturated carbocycles. The number of hydrogen-bond donors (Lipinski definition) is 4. The minimum Gasteiger partial charge on any atom is -0.489 e. The zero-order valence-corrected chi connectivity index (χ0v) is 23.7. The van der Waals surface area contributed by atoms with Crippen LogP contribution in [0, 0.1) is 11.8 Å². The maximum atomic E-state index is 12.9. The van der Waals surface area contributed by atoms with Crippen LogP contribution < -0.4 is 26.4 Å². The Morgan fingerprint density at radius 2 is 1.79 bits per heavy atom. The Balaban J connectivity index is 1.64. The molecule has 2 amide bonds. The first-order valence-corrected chi connectivity index (χ1v) is 14.2. The van der Waals surface area contributed by atoms with Gasteiger partial charge in [0.2, 0.25) is 11.8 Å². The SMILES string of the molecule is CC(C)[C@H]1C(=O)N[C@H](CO)Cc2ccc(OCc3ccc(CC(CCCCCCN)C(N)=O)cc3)cc2N1C. The lowest BCUT2D eigenvalue weighted by Crippen LogP contribution is -2.54. The zero-order valence-electron chi connectivity index (χ0n) is 23.7. The normalized spacial score (nSPS) is 18.2. The Labute approximate surface area is 233 Å². The van der Waals surface area contributed by atoms with Gasteiger partial charge in [-0.25, -0.2) is 0 Å². The molecule has 0 fully saturated rings. The van der Waals surface area contributed by atoms with E-state index >= 15 is 0 Å². The van der Waals surface area contributed by atoms with E-state index in [2.05, 4.69) is 5.32 Å². The van der Waals surface area contributed by atoms with Gasteiger partial charge in [-0.2, -0.15) is 0 Å². The molecule has 3 rings (SSSR count). The standard InChI is InChI=1S/C31H46N4O4/c1-21(2)29-31(38)34-26(19-36)17-24-13-14-27(18-28(24)35(29)3)39-20-23-11-9-22(10-12-23)16-25(30(33)37)8-6-4-5-7-15-32/h9-14,18,21,25-26,29,36H,4-8,15-17,19-20,32H2,1-3H3,(H2,33,37)(H,34,38)/t25?,26-,29-/m0/s1. The number of ether oxygens (including phenoxy) is 1. The van der Waals surface area contributed by atoms with E-state index in [-0.39, 0.29) is 42.3 Å². The number of anilines is 1. The second kappa shape index (κ2) is 14.9. The summed E-state index contributed by atoms with van der Waals surface area (Å²) in [4.78, 5) is 26.9. The third-order valence-electron chi connectivity index (χ3n) is 7.61. The highest BCUT2D eigenvalue weighted by molar-refractivity contribution is 5.86. The minimum absolute atomic E-state index is 0.0752. The number of nitrogens with two attached hydrogens (primary N) is 2. The van der Waals surface area contributed by atoms with Gasteiger partial charge in [0.1, 0.15) is 18.4 Å². The van der Waals surface area contributed by atoms with Crippen molar-refractivity contribution >= 4 is 17.5 Å². The lowest BCUT2D eigenvalue weighted by molar-refractivity contribution is -0.124. The predicted molar refractivity (Wildman–Crippen MR) is 155 cm³/mol. The number of aliphatic hydroxyl groups is 1. The molecule has 1 aliphatic heterocycles. The molecule has 1 heterocycles. The van der Waals surface area contributed by atoms with Crippen LogP contribution in [-0.4, -0.2) is 49.2 Å². The highest BCUT2D eigenvalue weighted by Crippen LogP contribution is 2.31. The number of hydrogen-bond acceptors (Lipinski definition) is 6. The average Bonchev–Trinajstić information content (AvgIpc) is 2.90. The van der Waals surface area contributed by atoms with Crippen LogP contribution in [-0.2, 0) is 29.0 Å². The number of carbonyl (C=O) groups is 2. The molecule has 3 atom stereocenters. The Morgan fingerprint density at radius 3 is 2.44 bits per heavy atom. The van der Waals surface area contributed by atoms with Crippen molar-refractivity contribution in [2.75, 3.05) is 25.1 Å². The smallest absolute Gasteiger partial charge is 0.243 e. The first-order valence-electron chi connectivity index (χ1n) is 14.2. The Bertz CT molecular complexity index is 1070. The number of unbranched alkanes of at least 4 members (excludes halogenated alkanes) is 3. The molecule has 0 radical (unpaired) electrons. The molecule has 0 aliphatic carbocycles. The molecular weight excluding hydrogens is 492 g/mol. The molecule has 8 heteroatoms. The van der Waals surface area contributed by atoms with Gasteiger partial charge in [0.05, 0.1) is 12.6 Å². The van der Waals surface area contributed by atoms with Gasteiger partial charge < -0.3 is 31.5 Å². The van der Waals surface area contributed by atoms with Crippen molar-refractivity contribution in [3.05, 3.63) is 59.2 Å². The largest absolute Gasteiger partial charge is 0.489 e. The summed E-state index contributed by atoms with van der Waals surface area (Å²) >= 11 is 0. The van der Waals surface area contributed by atoms with Gasteiger partial charge >= 0.3 is 0 Å². The van der Waals surface area contributed by atoms with Gasteiger partial charge in [-0.3, -0.25) is 9.59 Å². The number of fused-ring (bicyclic) bond motifs is 1. The number of nitrogens with zero attached hydrogens (tertiary/aromatic N) is 1. The summed E-state index contributed by atoms with van der Waals surface area (Å²) in [7, 11) is 1.93. The van der Waals surface area contributed by atoms with Crippen molar-refractivity contribution in [2.24, 2.45) is 23.3 Å². The highest BCUT2D eigenvalue weighted by Gasteiger charge is 2.32. The van der Waals surface area contributed by atoms with Crippen LogP contribution >= 0.6 is 0 Å². The van der Waals surface area contributed by atoms with Gasteiger partial charge in [0, 0.05) is 24.7 Å². The lowest BCUT2D eigenvalue weighted by atomic mass is 9.92. The van der Waals surface area contributed by atoms with Gasteiger partial charge in [-0.05, 0) is 60.9 Å². The van der Waals surface area contributed by atoms with E-state index in [1.807, 2.05) is 68.3 Å². The fourth-order valence-electron chi connectivity index (χ4n) is 5.38. The summed E-state index contributed by atoms with van der Waals surface area (Å²) < 4.78 is 6.14. The van der Waals surface area contributed by atoms with Crippen LogP contribution in [0.5, 0.6) is 5.75 Å². The van der Waals surface area contributed by atoms with Crippen molar-refractivity contribution in [3.8, 4) is 5.75 Å². The summed E-state index contributed by atoms with van der Waals surface area (Å²) in [6, 6.07) is 13.4. The number of primary amides is 1.